The molecule has 0 bridgehead atoms. The lowest BCUT2D eigenvalue weighted by Crippen LogP contribution is -2.22. The van der Waals surface area contributed by atoms with E-state index >= 15 is 0 Å². The summed E-state index contributed by atoms with van der Waals surface area (Å²) in [5.41, 5.74) is 9.15. The predicted octanol–water partition coefficient (Wildman–Crippen LogP) is 4.62. The molecule has 4 rings (SSSR count). The average molecular weight is 407 g/mol. The highest BCUT2D eigenvalue weighted by molar-refractivity contribution is 7.21. The van der Waals surface area contributed by atoms with E-state index in [-0.39, 0.29) is 18.3 Å². The Labute approximate surface area is 171 Å². The molecule has 146 valence electrons. The van der Waals surface area contributed by atoms with Crippen LogP contribution in [0.1, 0.15) is 15.2 Å². The van der Waals surface area contributed by atoms with Crippen molar-refractivity contribution in [3.63, 3.8) is 0 Å². The van der Waals surface area contributed by atoms with Gasteiger partial charge in [0.1, 0.15) is 21.3 Å². The fourth-order valence-electron chi connectivity index (χ4n) is 2.95. The largest absolute Gasteiger partial charge is 0.497 e. The van der Waals surface area contributed by atoms with Gasteiger partial charge in [0.25, 0.3) is 5.91 Å². The number of pyridine rings is 1. The molecule has 0 spiro atoms. The number of nitrogens with zero attached hydrogens (tertiary/aromatic N) is 1. The van der Waals surface area contributed by atoms with Gasteiger partial charge in [-0.05, 0) is 54.1 Å². The number of amides is 1. The Hall–Kier alpha value is -3.45. The number of thiophene rings is 1. The van der Waals surface area contributed by atoms with E-state index in [4.69, 9.17) is 10.5 Å². The van der Waals surface area contributed by atoms with Gasteiger partial charge in [0.05, 0.1) is 18.5 Å². The van der Waals surface area contributed by atoms with Crippen molar-refractivity contribution >= 4 is 33.1 Å². The summed E-state index contributed by atoms with van der Waals surface area (Å²) >= 11 is 1.25. The van der Waals surface area contributed by atoms with Crippen LogP contribution in [0.5, 0.6) is 5.75 Å². The second kappa shape index (κ2) is 7.89. The lowest BCUT2D eigenvalue weighted by molar-refractivity contribution is 0.0956. The van der Waals surface area contributed by atoms with Crippen LogP contribution in [-0.2, 0) is 6.54 Å². The summed E-state index contributed by atoms with van der Waals surface area (Å²) in [6.07, 6.45) is 0. The fraction of sp³-hybridized carbons (Fsp3) is 0.0909. The number of nitrogens with two attached hydrogens (primary N) is 1. The molecule has 3 N–H and O–H groups in total. The molecule has 4 aromatic rings. The van der Waals surface area contributed by atoms with Gasteiger partial charge >= 0.3 is 0 Å². The van der Waals surface area contributed by atoms with E-state index in [1.165, 1.54) is 23.5 Å². The molecule has 2 heterocycles. The number of methoxy groups -OCH3 is 1. The van der Waals surface area contributed by atoms with E-state index in [0.717, 1.165) is 28.0 Å². The van der Waals surface area contributed by atoms with Crippen molar-refractivity contribution in [1.82, 2.24) is 10.3 Å². The summed E-state index contributed by atoms with van der Waals surface area (Å²) in [6, 6.07) is 17.4. The Morgan fingerprint density at radius 3 is 2.52 bits per heavy atom. The van der Waals surface area contributed by atoms with Crippen LogP contribution in [0.3, 0.4) is 0 Å². The van der Waals surface area contributed by atoms with Crippen molar-refractivity contribution in [2.45, 2.75) is 6.54 Å². The zero-order valence-electron chi connectivity index (χ0n) is 15.6. The SMILES string of the molecule is COc1ccc(-c2ccc3c(N)c(C(=O)NCc4ccc(F)cc4)sc3n2)cc1. The van der Waals surface area contributed by atoms with Gasteiger partial charge in [0, 0.05) is 17.5 Å². The number of ether oxygens (including phenoxy) is 1. The van der Waals surface area contributed by atoms with Gasteiger partial charge in [-0.1, -0.05) is 12.1 Å². The molecular formula is C22H18FN3O2S. The third-order valence-electron chi connectivity index (χ3n) is 4.55. The standard InChI is InChI=1S/C22H18FN3O2S/c1-28-16-8-4-14(5-9-16)18-11-10-17-19(24)20(29-22(17)26-18)21(27)25-12-13-2-6-15(23)7-3-13/h2-11H,12,24H2,1H3,(H,25,27). The Bertz CT molecular complexity index is 1170. The summed E-state index contributed by atoms with van der Waals surface area (Å²) in [5, 5.41) is 3.57. The lowest BCUT2D eigenvalue weighted by Gasteiger charge is -2.04. The third kappa shape index (κ3) is 3.90. The smallest absolute Gasteiger partial charge is 0.263 e. The molecule has 0 aliphatic carbocycles. The monoisotopic (exact) mass is 407 g/mol. The summed E-state index contributed by atoms with van der Waals surface area (Å²) in [5.74, 6) is 0.184. The zero-order valence-corrected chi connectivity index (χ0v) is 16.4. The number of hydrogen-bond donors (Lipinski definition) is 2. The van der Waals surface area contributed by atoms with Gasteiger partial charge in [-0.3, -0.25) is 4.79 Å². The topological polar surface area (TPSA) is 77.2 Å². The molecule has 0 saturated heterocycles. The van der Waals surface area contributed by atoms with Crippen molar-refractivity contribution in [3.05, 3.63) is 76.9 Å². The van der Waals surface area contributed by atoms with E-state index in [2.05, 4.69) is 10.3 Å². The second-order valence-corrected chi connectivity index (χ2v) is 7.43. The van der Waals surface area contributed by atoms with Gasteiger partial charge in [0.15, 0.2) is 0 Å². The summed E-state index contributed by atoms with van der Waals surface area (Å²) in [4.78, 5) is 18.4. The highest BCUT2D eigenvalue weighted by Gasteiger charge is 2.17. The minimum atomic E-state index is -0.312. The van der Waals surface area contributed by atoms with E-state index in [0.29, 0.717) is 15.4 Å². The molecule has 2 aromatic carbocycles. The predicted molar refractivity (Wildman–Crippen MR) is 114 cm³/mol. The number of carbonyl (C=O) groups is 1. The van der Waals surface area contributed by atoms with Crippen molar-refractivity contribution in [2.24, 2.45) is 0 Å². The number of nitrogen functional groups attached to an aromatic ring is 1. The van der Waals surface area contributed by atoms with E-state index in [1.807, 2.05) is 36.4 Å². The number of hydrogen-bond acceptors (Lipinski definition) is 5. The number of fused-ring (bicyclic) bond motifs is 1. The first-order valence-corrected chi connectivity index (χ1v) is 9.73. The number of nitrogens with one attached hydrogen (secondary N) is 1. The van der Waals surface area contributed by atoms with E-state index in [1.54, 1.807) is 19.2 Å². The minimum Gasteiger partial charge on any atom is -0.497 e. The van der Waals surface area contributed by atoms with Crippen molar-refractivity contribution in [2.75, 3.05) is 12.8 Å². The van der Waals surface area contributed by atoms with E-state index in [9.17, 15) is 9.18 Å². The molecule has 29 heavy (non-hydrogen) atoms. The van der Waals surface area contributed by atoms with Crippen LogP contribution in [0.2, 0.25) is 0 Å². The Balaban J connectivity index is 1.57. The Morgan fingerprint density at radius 1 is 1.10 bits per heavy atom. The van der Waals surface area contributed by atoms with Gasteiger partial charge in [-0.2, -0.15) is 0 Å². The highest BCUT2D eigenvalue weighted by atomic mass is 32.1. The number of aromatic nitrogens is 1. The molecule has 7 heteroatoms. The highest BCUT2D eigenvalue weighted by Crippen LogP contribution is 2.34. The number of halogens is 1. The molecule has 0 atom stereocenters. The minimum absolute atomic E-state index is 0.277. The lowest BCUT2D eigenvalue weighted by atomic mass is 10.1. The van der Waals surface area contributed by atoms with Crippen LogP contribution < -0.4 is 15.8 Å². The molecule has 0 saturated carbocycles. The van der Waals surface area contributed by atoms with Crippen LogP contribution in [0.4, 0.5) is 10.1 Å². The zero-order chi connectivity index (χ0) is 20.4. The van der Waals surface area contributed by atoms with Gasteiger partial charge in [-0.25, -0.2) is 9.37 Å². The van der Waals surface area contributed by atoms with Crippen molar-refractivity contribution in [3.8, 4) is 17.0 Å². The van der Waals surface area contributed by atoms with Gasteiger partial charge < -0.3 is 15.8 Å². The van der Waals surface area contributed by atoms with Gasteiger partial charge in [0.2, 0.25) is 0 Å². The molecule has 0 unspecified atom stereocenters. The quantitative estimate of drug-likeness (QED) is 0.506. The number of benzene rings is 2. The van der Waals surface area contributed by atoms with Crippen molar-refractivity contribution < 1.29 is 13.9 Å². The van der Waals surface area contributed by atoms with Gasteiger partial charge in [-0.15, -0.1) is 11.3 Å². The maximum Gasteiger partial charge on any atom is 0.263 e. The van der Waals surface area contributed by atoms with Crippen molar-refractivity contribution in [1.29, 1.82) is 0 Å². The number of rotatable bonds is 5. The molecule has 0 aliphatic rings. The molecule has 0 aliphatic heterocycles. The van der Waals surface area contributed by atoms with Crippen LogP contribution in [0, 0.1) is 5.82 Å². The Morgan fingerprint density at radius 2 is 1.83 bits per heavy atom. The molecule has 0 fully saturated rings. The summed E-state index contributed by atoms with van der Waals surface area (Å²) in [7, 11) is 1.62. The molecule has 2 aromatic heterocycles. The van der Waals surface area contributed by atoms with Crippen LogP contribution >= 0.6 is 11.3 Å². The maximum atomic E-state index is 13.0. The molecular weight excluding hydrogens is 389 g/mol. The second-order valence-electron chi connectivity index (χ2n) is 6.43. The Kier molecular flexibility index (Phi) is 5.14. The van der Waals surface area contributed by atoms with E-state index < -0.39 is 0 Å². The molecule has 5 nitrogen and oxygen atoms in total. The first kappa shape index (κ1) is 18.9. The molecule has 1 amide bonds. The summed E-state index contributed by atoms with van der Waals surface area (Å²) in [6.45, 7) is 0.289. The number of carbonyl (C=O) groups excluding carboxylic acids is 1. The van der Waals surface area contributed by atoms with Crippen LogP contribution in [-0.4, -0.2) is 18.0 Å². The van der Waals surface area contributed by atoms with Crippen LogP contribution in [0.15, 0.2) is 60.7 Å². The maximum absolute atomic E-state index is 13.0. The first-order valence-electron chi connectivity index (χ1n) is 8.91. The fourth-order valence-corrected chi connectivity index (χ4v) is 3.96. The normalized spacial score (nSPS) is 10.8. The average Bonchev–Trinajstić information content (AvgIpc) is 3.09. The first-order chi connectivity index (χ1) is 14.0. The summed E-state index contributed by atoms with van der Waals surface area (Å²) < 4.78 is 18.2. The van der Waals surface area contributed by atoms with Crippen LogP contribution in [0.25, 0.3) is 21.5 Å². The third-order valence-corrected chi connectivity index (χ3v) is 5.67. The molecule has 0 radical (unpaired) electrons. The number of anilines is 1.